The van der Waals surface area contributed by atoms with Crippen LogP contribution >= 0.6 is 0 Å². The van der Waals surface area contributed by atoms with Gasteiger partial charge >= 0.3 is 6.09 Å². The molecule has 0 fully saturated rings. The molecule has 2 heterocycles. The normalized spacial score (nSPS) is 8.81. The van der Waals surface area contributed by atoms with E-state index in [1.165, 1.54) is 7.11 Å². The molecule has 0 aliphatic heterocycles. The Bertz CT molecular complexity index is 394. The van der Waals surface area contributed by atoms with Gasteiger partial charge in [-0.3, -0.25) is 5.32 Å². The van der Waals surface area contributed by atoms with Crippen molar-refractivity contribution in [1.82, 2.24) is 41.2 Å². The van der Waals surface area contributed by atoms with Crippen LogP contribution in [0.25, 0.3) is 0 Å². The molecule has 0 aliphatic rings. The fraction of sp³-hybridized carbons (Fsp3) is 0.250. The summed E-state index contributed by atoms with van der Waals surface area (Å²) in [6, 6.07) is 0. The summed E-state index contributed by atoms with van der Waals surface area (Å²) in [6.07, 6.45) is -0.624. The summed E-state index contributed by atoms with van der Waals surface area (Å²) >= 11 is 0. The average molecular weight is 228 g/mol. The summed E-state index contributed by atoms with van der Waals surface area (Å²) in [5, 5.41) is 26.5. The fourth-order valence-electron chi connectivity index (χ4n) is 0.527. The molecule has 0 radical (unpaired) electrons. The third-order valence-corrected chi connectivity index (χ3v) is 1.11. The third-order valence-electron chi connectivity index (χ3n) is 1.11. The first-order valence-electron chi connectivity index (χ1n) is 3.79. The van der Waals surface area contributed by atoms with Crippen LogP contribution in [0.15, 0.2) is 0 Å². The van der Waals surface area contributed by atoms with Crippen molar-refractivity contribution >= 4 is 18.0 Å². The molecule has 2 aromatic rings. The number of tetrazole rings is 2. The van der Waals surface area contributed by atoms with Crippen LogP contribution in [0.1, 0.15) is 0 Å². The van der Waals surface area contributed by atoms with Gasteiger partial charge in [-0.1, -0.05) is 10.2 Å². The SMILES string of the molecule is COC(=O)Nc1nn[nH]n1.Nc1nn[nH]n1. The maximum absolute atomic E-state index is 10.4. The topological polar surface area (TPSA) is 173 Å². The minimum atomic E-state index is -0.624. The second-order valence-corrected chi connectivity index (χ2v) is 2.12. The summed E-state index contributed by atoms with van der Waals surface area (Å²) in [5.74, 6) is 0.266. The maximum atomic E-state index is 10.4. The molecule has 86 valence electrons. The number of hydrogen-bond donors (Lipinski definition) is 4. The number of methoxy groups -OCH3 is 1. The van der Waals surface area contributed by atoms with Crippen LogP contribution in [0, 0.1) is 0 Å². The van der Waals surface area contributed by atoms with E-state index in [1.807, 2.05) is 0 Å². The minimum absolute atomic E-state index is 0.0897. The Morgan fingerprint density at radius 3 is 2.38 bits per heavy atom. The highest BCUT2D eigenvalue weighted by Gasteiger charge is 2.02. The highest BCUT2D eigenvalue weighted by atomic mass is 16.5. The van der Waals surface area contributed by atoms with Crippen molar-refractivity contribution in [2.45, 2.75) is 0 Å². The zero-order valence-corrected chi connectivity index (χ0v) is 8.08. The van der Waals surface area contributed by atoms with E-state index in [0.29, 0.717) is 0 Å². The van der Waals surface area contributed by atoms with Crippen LogP contribution < -0.4 is 11.1 Å². The molecule has 12 heteroatoms. The molecule has 5 N–H and O–H groups in total. The Hall–Kier alpha value is -2.79. The van der Waals surface area contributed by atoms with Crippen LogP contribution in [0.4, 0.5) is 16.7 Å². The quantitative estimate of drug-likeness (QED) is 0.437. The number of ether oxygens (including phenoxy) is 1. The smallest absolute Gasteiger partial charge is 0.413 e. The summed E-state index contributed by atoms with van der Waals surface area (Å²) in [6.45, 7) is 0. The lowest BCUT2D eigenvalue weighted by atomic mass is 11.0. The van der Waals surface area contributed by atoms with Crippen molar-refractivity contribution < 1.29 is 9.53 Å². The van der Waals surface area contributed by atoms with Crippen LogP contribution in [-0.4, -0.2) is 54.5 Å². The summed E-state index contributed by atoms with van der Waals surface area (Å²) in [4.78, 5) is 10.4. The Balaban J connectivity index is 0.000000181. The minimum Gasteiger partial charge on any atom is -0.453 e. The van der Waals surface area contributed by atoms with E-state index in [1.54, 1.807) is 0 Å². The van der Waals surface area contributed by atoms with Gasteiger partial charge in [-0.25, -0.2) is 4.79 Å². The van der Waals surface area contributed by atoms with Gasteiger partial charge in [0.25, 0.3) is 11.9 Å². The number of nitrogens with one attached hydrogen (secondary N) is 3. The number of anilines is 2. The van der Waals surface area contributed by atoms with Crippen molar-refractivity contribution in [3.8, 4) is 0 Å². The number of aromatic amines is 2. The molecule has 2 rings (SSSR count). The molecule has 12 nitrogen and oxygen atoms in total. The van der Waals surface area contributed by atoms with Crippen LogP contribution in [0.2, 0.25) is 0 Å². The molecule has 1 amide bonds. The second kappa shape index (κ2) is 5.84. The van der Waals surface area contributed by atoms with Crippen molar-refractivity contribution in [2.75, 3.05) is 18.2 Å². The van der Waals surface area contributed by atoms with Crippen molar-refractivity contribution in [3.63, 3.8) is 0 Å². The van der Waals surface area contributed by atoms with E-state index in [9.17, 15) is 4.79 Å². The number of carbonyl (C=O) groups excluding carboxylic acids is 1. The molecule has 0 spiro atoms. The predicted octanol–water partition coefficient (Wildman–Crippen LogP) is -1.84. The molecular weight excluding hydrogens is 220 g/mol. The van der Waals surface area contributed by atoms with E-state index >= 15 is 0 Å². The van der Waals surface area contributed by atoms with Gasteiger partial charge in [0, 0.05) is 0 Å². The van der Waals surface area contributed by atoms with Gasteiger partial charge in [-0.15, -0.1) is 10.2 Å². The number of nitrogen functional groups attached to an aromatic ring is 1. The number of amides is 1. The van der Waals surface area contributed by atoms with Gasteiger partial charge in [0.05, 0.1) is 7.11 Å². The third kappa shape index (κ3) is 3.95. The number of nitrogens with zero attached hydrogens (tertiary/aromatic N) is 6. The van der Waals surface area contributed by atoms with Gasteiger partial charge < -0.3 is 10.5 Å². The van der Waals surface area contributed by atoms with Crippen LogP contribution in [0.3, 0.4) is 0 Å². The highest BCUT2D eigenvalue weighted by Crippen LogP contribution is 1.89. The number of nitrogens with two attached hydrogens (primary N) is 1. The van der Waals surface area contributed by atoms with Gasteiger partial charge in [0.2, 0.25) is 0 Å². The van der Waals surface area contributed by atoms with E-state index in [-0.39, 0.29) is 11.9 Å². The lowest BCUT2D eigenvalue weighted by Gasteiger charge is -1.94. The summed E-state index contributed by atoms with van der Waals surface area (Å²) in [5.41, 5.74) is 4.96. The number of carbonyl (C=O) groups is 1. The van der Waals surface area contributed by atoms with Gasteiger partial charge in [-0.05, 0) is 10.4 Å². The van der Waals surface area contributed by atoms with Gasteiger partial charge in [0.1, 0.15) is 0 Å². The molecule has 16 heavy (non-hydrogen) atoms. The van der Waals surface area contributed by atoms with Crippen molar-refractivity contribution in [2.24, 2.45) is 0 Å². The van der Waals surface area contributed by atoms with Crippen molar-refractivity contribution in [3.05, 3.63) is 0 Å². The largest absolute Gasteiger partial charge is 0.453 e. The number of rotatable bonds is 1. The Morgan fingerprint density at radius 1 is 1.31 bits per heavy atom. The zero-order valence-electron chi connectivity index (χ0n) is 8.08. The number of aromatic nitrogens is 8. The highest BCUT2D eigenvalue weighted by molar-refractivity contribution is 5.81. The van der Waals surface area contributed by atoms with Crippen LogP contribution in [0.5, 0.6) is 0 Å². The molecule has 0 bridgehead atoms. The summed E-state index contributed by atoms with van der Waals surface area (Å²) in [7, 11) is 1.25. The molecule has 0 unspecified atom stereocenters. The molecule has 0 saturated heterocycles. The van der Waals surface area contributed by atoms with E-state index < -0.39 is 6.09 Å². The molecule has 0 aliphatic carbocycles. The molecule has 0 aromatic carbocycles. The lowest BCUT2D eigenvalue weighted by molar-refractivity contribution is 0.186. The van der Waals surface area contributed by atoms with Crippen LogP contribution in [-0.2, 0) is 4.74 Å². The van der Waals surface area contributed by atoms with Gasteiger partial charge in [0.15, 0.2) is 0 Å². The standard InChI is InChI=1S/C3H5N5O2.CH3N5/c1-10-3(9)4-2-5-7-8-6-2;2-1-3-5-6-4-1/h1H3,(H2,4,5,6,7,8,9);(H3,2,3,4,5,6). The predicted molar refractivity (Wildman–Crippen MR) is 48.8 cm³/mol. The lowest BCUT2D eigenvalue weighted by Crippen LogP contribution is -2.11. The second-order valence-electron chi connectivity index (χ2n) is 2.12. The first kappa shape index (κ1) is 11.3. The van der Waals surface area contributed by atoms with E-state index in [4.69, 9.17) is 5.73 Å². The first-order chi connectivity index (χ1) is 7.72. The van der Waals surface area contributed by atoms with Gasteiger partial charge in [-0.2, -0.15) is 10.4 Å². The van der Waals surface area contributed by atoms with E-state index in [0.717, 1.165) is 0 Å². The zero-order chi connectivity index (χ0) is 11.8. The average Bonchev–Trinajstić information content (AvgIpc) is 2.92. The monoisotopic (exact) mass is 228 g/mol. The molecule has 0 atom stereocenters. The number of H-pyrrole nitrogens is 2. The Labute approximate surface area is 87.9 Å². The van der Waals surface area contributed by atoms with E-state index in [2.05, 4.69) is 51.3 Å². The Kier molecular flexibility index (Phi) is 4.12. The Morgan fingerprint density at radius 2 is 2.00 bits per heavy atom. The van der Waals surface area contributed by atoms with Crippen molar-refractivity contribution in [1.29, 1.82) is 0 Å². The first-order valence-corrected chi connectivity index (χ1v) is 3.79. The molecule has 2 aromatic heterocycles. The summed E-state index contributed by atoms with van der Waals surface area (Å²) < 4.78 is 4.25. The molecular formula is C4H8N10O2. The fourth-order valence-corrected chi connectivity index (χ4v) is 0.527. The number of hydrogen-bond acceptors (Lipinski definition) is 9. The maximum Gasteiger partial charge on any atom is 0.413 e. The molecule has 0 saturated carbocycles.